The molecule has 0 aliphatic rings. The lowest BCUT2D eigenvalue weighted by Crippen LogP contribution is -2.74. The number of hydrogen-bond donors (Lipinski definition) is 3. The van der Waals surface area contributed by atoms with Crippen LogP contribution in [-0.2, 0) is 14.0 Å². The van der Waals surface area contributed by atoms with Crippen LogP contribution >= 0.6 is 0 Å². The van der Waals surface area contributed by atoms with Crippen LogP contribution in [-0.4, -0.2) is 86.4 Å². The first-order chi connectivity index (χ1) is 28.9. The third-order valence-corrected chi connectivity index (χ3v) is 15.4. The zero-order valence-corrected chi connectivity index (χ0v) is 34.1. The molecule has 0 spiro atoms. The smallest absolute Gasteiger partial charge is 0.460 e. The van der Waals surface area contributed by atoms with Gasteiger partial charge in [0.25, 0.3) is 5.91 Å². The summed E-state index contributed by atoms with van der Waals surface area (Å²) in [7, 11) is -4.06. The van der Waals surface area contributed by atoms with E-state index in [1.165, 1.54) is 57.4 Å². The zero-order valence-electron chi connectivity index (χ0n) is 33.1. The quantitative estimate of drug-likeness (QED) is 0.0271. The number of hydrogen-bond acceptors (Lipinski definition) is 6. The first kappa shape index (κ1) is 55.7. The Balaban J connectivity index is 2.27. The van der Waals surface area contributed by atoms with Crippen molar-refractivity contribution in [3.05, 3.63) is 71.8 Å². The van der Waals surface area contributed by atoms with Crippen molar-refractivity contribution in [2.75, 3.05) is 18.5 Å². The topological polar surface area (TPSA) is 106 Å². The number of benzene rings is 2. The van der Waals surface area contributed by atoms with Crippen molar-refractivity contribution in [3.63, 3.8) is 0 Å². The molecule has 0 fully saturated rings. The number of rotatable bonds is 22. The van der Waals surface area contributed by atoms with Gasteiger partial charge in [0, 0.05) is 25.0 Å². The molecule has 1 atom stereocenters. The van der Waals surface area contributed by atoms with Crippen molar-refractivity contribution in [1.82, 2.24) is 5.48 Å². The Kier molecular flexibility index (Phi) is 17.4. The van der Waals surface area contributed by atoms with Crippen molar-refractivity contribution in [1.29, 1.82) is 0 Å². The monoisotopic (exact) mass is 982 g/mol. The van der Waals surface area contributed by atoms with Gasteiger partial charge in [-0.3, -0.25) is 15.3 Å². The maximum atomic E-state index is 14.9. The van der Waals surface area contributed by atoms with E-state index in [9.17, 15) is 93.0 Å². The predicted molar refractivity (Wildman–Crippen MR) is 187 cm³/mol. The molecule has 8 nitrogen and oxygen atoms in total. The largest absolute Gasteiger partial charge is 0.491 e. The maximum absolute atomic E-state index is 14.9. The zero-order chi connectivity index (χ0) is 49.7. The molecule has 2 amide bonds. The Morgan fingerprint density at radius 1 is 0.703 bits per heavy atom. The van der Waals surface area contributed by atoms with Crippen molar-refractivity contribution >= 4 is 26.0 Å². The Labute approximate surface area is 351 Å². The van der Waals surface area contributed by atoms with Crippen LogP contribution in [0.2, 0.25) is 17.1 Å². The second-order valence-corrected chi connectivity index (χ2v) is 19.4. The Morgan fingerprint density at radius 3 is 1.67 bits per heavy atom. The van der Waals surface area contributed by atoms with E-state index in [1.54, 1.807) is 0 Å². The normalized spacial score (nSPS) is 14.6. The number of halogens is 19. The van der Waals surface area contributed by atoms with Crippen LogP contribution in [0.1, 0.15) is 52.2 Å². The molecule has 0 bridgehead atoms. The summed E-state index contributed by atoms with van der Waals surface area (Å²) in [4.78, 5) is 23.9. The highest BCUT2D eigenvalue weighted by atomic mass is 28.4. The molecule has 28 heteroatoms. The lowest BCUT2D eigenvalue weighted by atomic mass is 9.88. The molecular weight excluding hydrogens is 945 g/mol. The summed E-state index contributed by atoms with van der Waals surface area (Å²) in [6, 6.07) is 5.93. The minimum Gasteiger partial charge on any atom is -0.491 e. The average Bonchev–Trinajstić information content (AvgIpc) is 3.17. The summed E-state index contributed by atoms with van der Waals surface area (Å²) < 4.78 is 279. The van der Waals surface area contributed by atoms with E-state index >= 15 is 0 Å². The lowest BCUT2D eigenvalue weighted by molar-refractivity contribution is -0.461. The first-order valence-electron chi connectivity index (χ1n) is 18.0. The molecule has 2 aromatic rings. The number of hydroxylamine groups is 1. The molecule has 2 rings (SSSR count). The van der Waals surface area contributed by atoms with Crippen molar-refractivity contribution in [3.8, 4) is 5.75 Å². The minimum absolute atomic E-state index is 0.00482. The van der Waals surface area contributed by atoms with E-state index in [0.717, 1.165) is 24.3 Å². The minimum atomic E-state index is -8.72. The van der Waals surface area contributed by atoms with E-state index in [0.29, 0.717) is 6.07 Å². The molecule has 0 unspecified atom stereocenters. The molecule has 3 N–H and O–H groups in total. The Hall–Kier alpha value is -4.47. The Bertz CT molecular complexity index is 1920. The van der Waals surface area contributed by atoms with Crippen LogP contribution < -0.4 is 15.5 Å². The molecule has 64 heavy (non-hydrogen) atoms. The van der Waals surface area contributed by atoms with Gasteiger partial charge in [0.1, 0.15) is 30.1 Å². The van der Waals surface area contributed by atoms with Crippen molar-refractivity contribution in [2.45, 2.75) is 111 Å². The van der Waals surface area contributed by atoms with E-state index in [4.69, 9.17) is 19.1 Å². The van der Waals surface area contributed by atoms with Gasteiger partial charge in [0.2, 0.25) is 0 Å². The van der Waals surface area contributed by atoms with Gasteiger partial charge in [-0.05, 0) is 47.0 Å². The fraction of sp³-hybridized carbons (Fsp3) is 0.556. The second-order valence-electron chi connectivity index (χ2n) is 14.4. The fourth-order valence-corrected chi connectivity index (χ4v) is 10.4. The van der Waals surface area contributed by atoms with Gasteiger partial charge in [0.05, 0.1) is 12.3 Å². The van der Waals surface area contributed by atoms with Gasteiger partial charge >= 0.3 is 53.7 Å². The van der Waals surface area contributed by atoms with Gasteiger partial charge in [0.15, 0.2) is 8.32 Å². The van der Waals surface area contributed by atoms with Gasteiger partial charge in [-0.15, -0.1) is 0 Å². The van der Waals surface area contributed by atoms with Crippen LogP contribution in [0.25, 0.3) is 0 Å². The van der Waals surface area contributed by atoms with E-state index < -0.39 is 128 Å². The maximum Gasteiger partial charge on any atom is 0.460 e. The van der Waals surface area contributed by atoms with Crippen LogP contribution in [0.5, 0.6) is 5.75 Å². The summed E-state index contributed by atoms with van der Waals surface area (Å²) in [6.45, 7) is 3.99. The molecule has 0 aliphatic carbocycles. The summed E-state index contributed by atoms with van der Waals surface area (Å²) in [6.07, 6.45) is -11.2. The summed E-state index contributed by atoms with van der Waals surface area (Å²) in [5, 5.41) is 10.7. The third kappa shape index (κ3) is 11.1. The van der Waals surface area contributed by atoms with Gasteiger partial charge in [-0.2, -0.15) is 74.6 Å². The SMILES string of the molecule is CC(C)[Si](CCC(F)(F)C(F)(F)C(F)(F)C(F)(F)C(F)(F)C(F)(F)C(F)(F)C(F)(F)F)(OCCOc1ccc([C@H](C/C=C/C(=O)NO)OC(=O)Nc2ccc(F)cc2F)cc1)C(C)C. The second kappa shape index (κ2) is 20.0. The lowest BCUT2D eigenvalue weighted by Gasteiger charge is -2.44. The average molecular weight is 983 g/mol. The molecule has 2 aromatic carbocycles. The molecule has 0 aromatic heterocycles. The number of ether oxygens (including phenoxy) is 2. The number of anilines is 1. The van der Waals surface area contributed by atoms with Crippen molar-refractivity contribution in [2.24, 2.45) is 0 Å². The number of nitrogens with one attached hydrogen (secondary N) is 2. The van der Waals surface area contributed by atoms with Crippen LogP contribution in [0, 0.1) is 11.6 Å². The van der Waals surface area contributed by atoms with Gasteiger partial charge in [-0.1, -0.05) is 45.9 Å². The van der Waals surface area contributed by atoms with Gasteiger partial charge < -0.3 is 13.9 Å². The fourth-order valence-electron chi connectivity index (χ4n) is 5.97. The van der Waals surface area contributed by atoms with Crippen LogP contribution in [0.15, 0.2) is 54.6 Å². The number of alkyl halides is 17. The highest BCUT2D eigenvalue weighted by Crippen LogP contribution is 2.64. The first-order valence-corrected chi connectivity index (χ1v) is 20.3. The van der Waals surface area contributed by atoms with E-state index in [-0.39, 0.29) is 17.7 Å². The molecule has 0 radical (unpaired) electrons. The van der Waals surface area contributed by atoms with Crippen LogP contribution in [0.3, 0.4) is 0 Å². The standard InChI is InChI=1S/C36H37F19N2O6Si/c1-19(2)64(20(3)4,17-14-29(39,40)30(41,42)31(43,44)32(45,46)33(47,48)34(49,50)35(51,52)36(53,54)55)62-16-15-61-23-11-8-21(9-12-23)26(6-5-7-27(58)57-60)63-28(59)56-25-13-10-22(37)18-24(25)38/h5,7-13,18-20,26,60H,6,14-17H2,1-4H3,(H,56,59)(H,57,58)/b7-5+/t26-/m0/s1. The summed E-state index contributed by atoms with van der Waals surface area (Å²) in [5.41, 5.74) is -0.833. The number of carbonyl (C=O) groups excluding carboxylic acids is 2. The molecular formula is C36H37F19N2O6Si. The third-order valence-electron chi connectivity index (χ3n) is 9.69. The Morgan fingerprint density at radius 2 is 1.20 bits per heavy atom. The van der Waals surface area contributed by atoms with Crippen molar-refractivity contribution < 1.29 is 112 Å². The predicted octanol–water partition coefficient (Wildman–Crippen LogP) is 12.3. The summed E-state index contributed by atoms with van der Waals surface area (Å²) >= 11 is 0. The molecule has 364 valence electrons. The highest BCUT2D eigenvalue weighted by Gasteiger charge is 2.95. The molecule has 0 aliphatic heterocycles. The highest BCUT2D eigenvalue weighted by molar-refractivity contribution is 6.76. The molecule has 0 saturated heterocycles. The van der Waals surface area contributed by atoms with Gasteiger partial charge in [-0.25, -0.2) is 19.1 Å². The molecule has 0 saturated carbocycles. The van der Waals surface area contributed by atoms with Crippen LogP contribution in [0.4, 0.5) is 93.9 Å². The van der Waals surface area contributed by atoms with E-state index in [1.807, 2.05) is 5.32 Å². The molecule has 0 heterocycles. The van der Waals surface area contributed by atoms with E-state index in [2.05, 4.69) is 0 Å². The number of carbonyl (C=O) groups is 2. The number of amides is 2. The summed E-state index contributed by atoms with van der Waals surface area (Å²) in [5.74, 6) is -60.1.